The third kappa shape index (κ3) is 6.92. The molecule has 0 fully saturated rings. The van der Waals surface area contributed by atoms with E-state index < -0.39 is 15.9 Å². The Balaban J connectivity index is 2.05. The highest BCUT2D eigenvalue weighted by atomic mass is 32.2. The van der Waals surface area contributed by atoms with Crippen LogP contribution in [0.1, 0.15) is 22.8 Å². The van der Waals surface area contributed by atoms with Gasteiger partial charge in [-0.3, -0.25) is 14.3 Å². The SMILES string of the molecule is CC(=O)Nc1ccc(NS(C)(=O)=O)c(C(=O)NCCOc2ccc(C)cc2)c1. The molecule has 0 saturated heterocycles. The average molecular weight is 405 g/mol. The minimum absolute atomic E-state index is 0.0898. The number of benzene rings is 2. The molecule has 9 heteroatoms. The van der Waals surface area contributed by atoms with Crippen LogP contribution < -0.4 is 20.1 Å². The number of carbonyl (C=O) groups is 2. The van der Waals surface area contributed by atoms with Crippen LogP contribution >= 0.6 is 0 Å². The number of sulfonamides is 1. The summed E-state index contributed by atoms with van der Waals surface area (Å²) >= 11 is 0. The smallest absolute Gasteiger partial charge is 0.253 e. The topological polar surface area (TPSA) is 114 Å². The number of carbonyl (C=O) groups excluding carboxylic acids is 2. The van der Waals surface area contributed by atoms with Gasteiger partial charge in [0.05, 0.1) is 24.1 Å². The third-order valence-corrected chi connectivity index (χ3v) is 4.15. The summed E-state index contributed by atoms with van der Waals surface area (Å²) in [6.45, 7) is 3.77. The second-order valence-electron chi connectivity index (χ2n) is 6.23. The lowest BCUT2D eigenvalue weighted by Crippen LogP contribution is -2.29. The van der Waals surface area contributed by atoms with E-state index in [1.165, 1.54) is 25.1 Å². The number of hydrogen-bond donors (Lipinski definition) is 3. The van der Waals surface area contributed by atoms with Gasteiger partial charge in [-0.15, -0.1) is 0 Å². The van der Waals surface area contributed by atoms with Gasteiger partial charge in [0.25, 0.3) is 5.91 Å². The van der Waals surface area contributed by atoms with Gasteiger partial charge in [-0.1, -0.05) is 17.7 Å². The van der Waals surface area contributed by atoms with E-state index in [1.807, 2.05) is 31.2 Å². The molecule has 0 saturated carbocycles. The Morgan fingerprint density at radius 3 is 2.36 bits per heavy atom. The highest BCUT2D eigenvalue weighted by Gasteiger charge is 2.15. The van der Waals surface area contributed by atoms with Gasteiger partial charge in [0.1, 0.15) is 12.4 Å². The molecule has 28 heavy (non-hydrogen) atoms. The van der Waals surface area contributed by atoms with Crippen molar-refractivity contribution in [3.8, 4) is 5.75 Å². The molecule has 2 rings (SSSR count). The largest absolute Gasteiger partial charge is 0.492 e. The third-order valence-electron chi connectivity index (χ3n) is 3.56. The molecule has 0 aromatic heterocycles. The molecule has 3 N–H and O–H groups in total. The molecule has 0 atom stereocenters. The van der Waals surface area contributed by atoms with E-state index in [-0.39, 0.29) is 30.3 Å². The molecule has 0 unspecified atom stereocenters. The van der Waals surface area contributed by atoms with Gasteiger partial charge in [0, 0.05) is 12.6 Å². The van der Waals surface area contributed by atoms with E-state index in [4.69, 9.17) is 4.74 Å². The molecule has 0 aliphatic carbocycles. The van der Waals surface area contributed by atoms with Crippen LogP contribution in [0.25, 0.3) is 0 Å². The summed E-state index contributed by atoms with van der Waals surface area (Å²) in [6, 6.07) is 11.8. The highest BCUT2D eigenvalue weighted by Crippen LogP contribution is 2.22. The van der Waals surface area contributed by atoms with Crippen molar-refractivity contribution in [3.05, 3.63) is 53.6 Å². The van der Waals surface area contributed by atoms with Crippen LogP contribution in [0.2, 0.25) is 0 Å². The van der Waals surface area contributed by atoms with E-state index in [2.05, 4.69) is 15.4 Å². The van der Waals surface area contributed by atoms with Gasteiger partial charge in [-0.25, -0.2) is 8.42 Å². The normalized spacial score (nSPS) is 10.8. The molecule has 150 valence electrons. The minimum atomic E-state index is -3.58. The molecule has 0 aliphatic rings. The summed E-state index contributed by atoms with van der Waals surface area (Å²) in [6.07, 6.45) is 0.992. The zero-order valence-corrected chi connectivity index (χ0v) is 16.7. The predicted molar refractivity (Wildman–Crippen MR) is 108 cm³/mol. The molecule has 0 heterocycles. The van der Waals surface area contributed by atoms with Crippen molar-refractivity contribution in [2.75, 3.05) is 29.4 Å². The van der Waals surface area contributed by atoms with Crippen molar-refractivity contribution in [2.24, 2.45) is 0 Å². The molecule has 0 bridgehead atoms. The maximum absolute atomic E-state index is 12.5. The fraction of sp³-hybridized carbons (Fsp3) is 0.263. The van der Waals surface area contributed by atoms with Crippen molar-refractivity contribution in [3.63, 3.8) is 0 Å². The first-order chi connectivity index (χ1) is 13.1. The van der Waals surface area contributed by atoms with Gasteiger partial charge in [-0.2, -0.15) is 0 Å². The maximum Gasteiger partial charge on any atom is 0.253 e. The molecule has 8 nitrogen and oxygen atoms in total. The standard InChI is InChI=1S/C19H23N3O5S/c1-13-4-7-16(8-5-13)27-11-10-20-19(24)17-12-15(21-14(2)23)6-9-18(17)22-28(3,25)26/h4-9,12,22H,10-11H2,1-3H3,(H,20,24)(H,21,23). The molecule has 0 radical (unpaired) electrons. The van der Waals surface area contributed by atoms with Gasteiger partial charge < -0.3 is 15.4 Å². The number of ether oxygens (including phenoxy) is 1. The Morgan fingerprint density at radius 2 is 1.75 bits per heavy atom. The number of aryl methyl sites for hydroxylation is 1. The molecular formula is C19H23N3O5S. The first-order valence-corrected chi connectivity index (χ1v) is 10.4. The summed E-state index contributed by atoms with van der Waals surface area (Å²) in [5.41, 5.74) is 1.71. The average Bonchev–Trinajstić information content (AvgIpc) is 2.59. The molecule has 2 amide bonds. The fourth-order valence-corrected chi connectivity index (χ4v) is 2.94. The van der Waals surface area contributed by atoms with E-state index in [9.17, 15) is 18.0 Å². The van der Waals surface area contributed by atoms with Crippen LogP contribution in [0.5, 0.6) is 5.75 Å². The maximum atomic E-state index is 12.5. The molecule has 0 spiro atoms. The second-order valence-corrected chi connectivity index (χ2v) is 7.98. The molecule has 0 aliphatic heterocycles. The summed E-state index contributed by atoms with van der Waals surface area (Å²) in [5.74, 6) is -0.112. The Labute approximate surface area is 164 Å². The molecular weight excluding hydrogens is 382 g/mol. The first-order valence-electron chi connectivity index (χ1n) is 8.51. The van der Waals surface area contributed by atoms with E-state index >= 15 is 0 Å². The van der Waals surface area contributed by atoms with Crippen molar-refractivity contribution in [1.29, 1.82) is 0 Å². The highest BCUT2D eigenvalue weighted by molar-refractivity contribution is 7.92. The van der Waals surface area contributed by atoms with Crippen molar-refractivity contribution < 1.29 is 22.7 Å². The van der Waals surface area contributed by atoms with Crippen molar-refractivity contribution in [2.45, 2.75) is 13.8 Å². The monoisotopic (exact) mass is 405 g/mol. The van der Waals surface area contributed by atoms with E-state index in [1.54, 1.807) is 0 Å². The number of nitrogens with one attached hydrogen (secondary N) is 3. The van der Waals surface area contributed by atoms with Gasteiger partial charge in [-0.05, 0) is 37.3 Å². The number of anilines is 2. The summed E-state index contributed by atoms with van der Waals surface area (Å²) in [5, 5.41) is 5.24. The second kappa shape index (κ2) is 9.23. The molecule has 2 aromatic rings. The van der Waals surface area contributed by atoms with Crippen LogP contribution in [0.4, 0.5) is 11.4 Å². The number of rotatable bonds is 8. The summed E-state index contributed by atoms with van der Waals surface area (Å²) < 4.78 is 30.9. The fourth-order valence-electron chi connectivity index (χ4n) is 2.37. The van der Waals surface area contributed by atoms with Crippen molar-refractivity contribution in [1.82, 2.24) is 5.32 Å². The van der Waals surface area contributed by atoms with Crippen molar-refractivity contribution >= 4 is 33.2 Å². The zero-order valence-electron chi connectivity index (χ0n) is 15.9. The quantitative estimate of drug-likeness (QED) is 0.582. The number of amides is 2. The Bertz CT molecular complexity index is 956. The summed E-state index contributed by atoms with van der Waals surface area (Å²) in [4.78, 5) is 23.8. The first kappa shape index (κ1) is 21.2. The van der Waals surface area contributed by atoms with Crippen LogP contribution in [0, 0.1) is 6.92 Å². The van der Waals surface area contributed by atoms with Crippen LogP contribution in [-0.4, -0.2) is 39.6 Å². The Hall–Kier alpha value is -3.07. The van der Waals surface area contributed by atoms with E-state index in [0.717, 1.165) is 11.8 Å². The number of hydrogen-bond acceptors (Lipinski definition) is 5. The van der Waals surface area contributed by atoms with Crippen LogP contribution in [-0.2, 0) is 14.8 Å². The minimum Gasteiger partial charge on any atom is -0.492 e. The van der Waals surface area contributed by atoms with Crippen LogP contribution in [0.3, 0.4) is 0 Å². The van der Waals surface area contributed by atoms with E-state index in [0.29, 0.717) is 11.4 Å². The molecule has 2 aromatic carbocycles. The Morgan fingerprint density at radius 1 is 1.07 bits per heavy atom. The zero-order chi connectivity index (χ0) is 20.7. The van der Waals surface area contributed by atoms with Gasteiger partial charge in [0.15, 0.2) is 0 Å². The lowest BCUT2D eigenvalue weighted by Gasteiger charge is -2.13. The lowest BCUT2D eigenvalue weighted by atomic mass is 10.1. The predicted octanol–water partition coefficient (Wildman–Crippen LogP) is 2.13. The lowest BCUT2D eigenvalue weighted by molar-refractivity contribution is -0.114. The van der Waals surface area contributed by atoms with Gasteiger partial charge in [0.2, 0.25) is 15.9 Å². The van der Waals surface area contributed by atoms with Crippen LogP contribution in [0.15, 0.2) is 42.5 Å². The van der Waals surface area contributed by atoms with Gasteiger partial charge >= 0.3 is 0 Å². The Kier molecular flexibility index (Phi) is 7.00. The summed E-state index contributed by atoms with van der Waals surface area (Å²) in [7, 11) is -3.58.